The number of thiol groups is 1. The van der Waals surface area contributed by atoms with Gasteiger partial charge in [-0.05, 0) is 64.2 Å². The Morgan fingerprint density at radius 2 is 1.69 bits per heavy atom. The molecule has 0 spiro atoms. The summed E-state index contributed by atoms with van der Waals surface area (Å²) in [7, 11) is 0. The van der Waals surface area contributed by atoms with E-state index in [1.165, 1.54) is 0 Å². The van der Waals surface area contributed by atoms with E-state index < -0.39 is 23.8 Å². The molecule has 3 amide bonds. The molecule has 0 saturated carbocycles. The predicted octanol–water partition coefficient (Wildman–Crippen LogP) is 5.10. The summed E-state index contributed by atoms with van der Waals surface area (Å²) < 4.78 is 5.35. The van der Waals surface area contributed by atoms with Gasteiger partial charge in [0.15, 0.2) is 0 Å². The molecule has 2 N–H and O–H groups in total. The Kier molecular flexibility index (Phi) is 13.2. The molecule has 0 bridgehead atoms. The molecule has 0 aliphatic carbocycles. The maximum absolute atomic E-state index is 13.8. The molecule has 0 aliphatic rings. The van der Waals surface area contributed by atoms with Crippen LogP contribution >= 0.6 is 12.6 Å². The van der Waals surface area contributed by atoms with Crippen molar-refractivity contribution in [1.82, 2.24) is 15.5 Å². The van der Waals surface area contributed by atoms with Crippen molar-refractivity contribution in [3.8, 4) is 0 Å². The van der Waals surface area contributed by atoms with E-state index >= 15 is 0 Å². The van der Waals surface area contributed by atoms with Gasteiger partial charge >= 0.3 is 6.09 Å². The van der Waals surface area contributed by atoms with Crippen molar-refractivity contribution in [2.24, 2.45) is 0 Å². The molecular weight excluding hydrogens is 462 g/mol. The molecule has 0 aliphatic heterocycles. The number of nitrogens with zero attached hydrogens (tertiary/aromatic N) is 1. The first-order valence-corrected chi connectivity index (χ1v) is 13.3. The molecule has 35 heavy (non-hydrogen) atoms. The molecule has 1 aromatic rings. The first-order valence-electron chi connectivity index (χ1n) is 12.7. The van der Waals surface area contributed by atoms with E-state index in [2.05, 4.69) is 37.1 Å². The predicted molar refractivity (Wildman–Crippen MR) is 145 cm³/mol. The van der Waals surface area contributed by atoms with Gasteiger partial charge in [-0.15, -0.1) is 0 Å². The Labute approximate surface area is 217 Å². The zero-order valence-electron chi connectivity index (χ0n) is 22.6. The quantitative estimate of drug-likeness (QED) is 0.256. The SMILES string of the molecule is CCCCCN(C(=O)C(CS)NC(=O)OC(C)(C)C)C(C(=O)NCCCC)c1ccc(C)c(C)c1. The normalized spacial score (nSPS) is 13.0. The van der Waals surface area contributed by atoms with E-state index in [4.69, 9.17) is 4.74 Å². The van der Waals surface area contributed by atoms with Crippen LogP contribution in [0.2, 0.25) is 0 Å². The minimum absolute atomic E-state index is 0.0828. The van der Waals surface area contributed by atoms with Crippen LogP contribution in [0.15, 0.2) is 18.2 Å². The standard InChI is InChI=1S/C27H45N3O4S/c1-8-10-12-16-30(25(32)22(18-35)29-26(33)34-27(5,6)7)23(24(31)28-15-11-9-2)21-14-13-19(3)20(4)17-21/h13-14,17,22-23,35H,8-12,15-16,18H2,1-7H3,(H,28,31)(H,29,33). The molecule has 8 heteroatoms. The third-order valence-electron chi connectivity index (χ3n) is 5.69. The first kappa shape index (κ1) is 30.8. The number of nitrogens with one attached hydrogen (secondary N) is 2. The Hall–Kier alpha value is -2.22. The van der Waals surface area contributed by atoms with Gasteiger partial charge in [0.05, 0.1) is 0 Å². The van der Waals surface area contributed by atoms with Crippen molar-refractivity contribution in [3.63, 3.8) is 0 Å². The minimum atomic E-state index is -0.924. The highest BCUT2D eigenvalue weighted by molar-refractivity contribution is 7.80. The zero-order valence-corrected chi connectivity index (χ0v) is 23.5. The van der Waals surface area contributed by atoms with Crippen LogP contribution < -0.4 is 10.6 Å². The number of benzene rings is 1. The van der Waals surface area contributed by atoms with E-state index in [1.807, 2.05) is 32.0 Å². The van der Waals surface area contributed by atoms with Gasteiger partial charge in [-0.2, -0.15) is 12.6 Å². The minimum Gasteiger partial charge on any atom is -0.444 e. The molecule has 1 aromatic carbocycles. The summed E-state index contributed by atoms with van der Waals surface area (Å²) in [5.74, 6) is -0.489. The van der Waals surface area contributed by atoms with Crippen LogP contribution in [0.5, 0.6) is 0 Å². The Morgan fingerprint density at radius 3 is 2.23 bits per heavy atom. The number of ether oxygens (including phenoxy) is 1. The number of carbonyl (C=O) groups excluding carboxylic acids is 3. The first-order chi connectivity index (χ1) is 16.4. The Balaban J connectivity index is 3.38. The van der Waals surface area contributed by atoms with Gasteiger partial charge in [0, 0.05) is 18.8 Å². The van der Waals surface area contributed by atoms with Crippen molar-refractivity contribution >= 4 is 30.5 Å². The number of hydrogen-bond acceptors (Lipinski definition) is 5. The highest BCUT2D eigenvalue weighted by atomic mass is 32.1. The number of unbranched alkanes of at least 4 members (excludes halogenated alkanes) is 3. The number of amides is 3. The second-order valence-corrected chi connectivity index (χ2v) is 10.4. The highest BCUT2D eigenvalue weighted by Gasteiger charge is 2.35. The molecule has 2 atom stereocenters. The second-order valence-electron chi connectivity index (χ2n) is 10.0. The molecule has 7 nitrogen and oxygen atoms in total. The average molecular weight is 508 g/mol. The van der Waals surface area contributed by atoms with Gasteiger partial charge in [-0.3, -0.25) is 9.59 Å². The number of rotatable bonds is 13. The van der Waals surface area contributed by atoms with Crippen molar-refractivity contribution in [1.29, 1.82) is 0 Å². The second kappa shape index (κ2) is 15.0. The summed E-state index contributed by atoms with van der Waals surface area (Å²) in [5, 5.41) is 5.66. The molecule has 0 saturated heterocycles. The molecule has 0 aromatic heterocycles. The zero-order chi connectivity index (χ0) is 26.6. The van der Waals surface area contributed by atoms with Gasteiger partial charge in [-0.1, -0.05) is 51.3 Å². The van der Waals surface area contributed by atoms with Gasteiger partial charge in [0.1, 0.15) is 17.7 Å². The number of aryl methyl sites for hydroxylation is 2. The van der Waals surface area contributed by atoms with E-state index in [0.29, 0.717) is 13.1 Å². The van der Waals surface area contributed by atoms with Gasteiger partial charge in [-0.25, -0.2) is 4.79 Å². The largest absolute Gasteiger partial charge is 0.444 e. The van der Waals surface area contributed by atoms with Gasteiger partial charge in [0.2, 0.25) is 11.8 Å². The summed E-state index contributed by atoms with van der Waals surface area (Å²) in [6.07, 6.45) is 3.77. The van der Waals surface area contributed by atoms with Crippen LogP contribution in [0, 0.1) is 13.8 Å². The van der Waals surface area contributed by atoms with Gasteiger partial charge in [0.25, 0.3) is 0 Å². The van der Waals surface area contributed by atoms with Crippen LogP contribution in [0.4, 0.5) is 4.79 Å². The van der Waals surface area contributed by atoms with Crippen molar-refractivity contribution in [2.45, 2.75) is 98.3 Å². The highest BCUT2D eigenvalue weighted by Crippen LogP contribution is 2.26. The van der Waals surface area contributed by atoms with Crippen molar-refractivity contribution < 1.29 is 19.1 Å². The smallest absolute Gasteiger partial charge is 0.408 e. The third-order valence-corrected chi connectivity index (χ3v) is 6.06. The monoisotopic (exact) mass is 507 g/mol. The van der Waals surface area contributed by atoms with Gasteiger partial charge < -0.3 is 20.3 Å². The van der Waals surface area contributed by atoms with Crippen molar-refractivity contribution in [2.75, 3.05) is 18.8 Å². The number of carbonyl (C=O) groups is 3. The van der Waals surface area contributed by atoms with E-state index in [9.17, 15) is 14.4 Å². The third kappa shape index (κ3) is 10.5. The van der Waals surface area contributed by atoms with E-state index in [-0.39, 0.29) is 17.6 Å². The topological polar surface area (TPSA) is 87.7 Å². The van der Waals surface area contributed by atoms with Crippen LogP contribution in [0.3, 0.4) is 0 Å². The molecule has 198 valence electrons. The van der Waals surface area contributed by atoms with Crippen LogP contribution in [0.1, 0.15) is 89.5 Å². The average Bonchev–Trinajstić information content (AvgIpc) is 2.77. The molecule has 1 rings (SSSR count). The van der Waals surface area contributed by atoms with Crippen molar-refractivity contribution in [3.05, 3.63) is 34.9 Å². The fourth-order valence-electron chi connectivity index (χ4n) is 3.63. The van der Waals surface area contributed by atoms with Crippen LogP contribution in [0.25, 0.3) is 0 Å². The summed E-state index contributed by atoms with van der Waals surface area (Å²) in [6.45, 7) is 14.4. The van der Waals surface area contributed by atoms with Crippen LogP contribution in [-0.4, -0.2) is 53.3 Å². The van der Waals surface area contributed by atoms with E-state index in [1.54, 1.807) is 25.7 Å². The summed E-state index contributed by atoms with van der Waals surface area (Å²) in [4.78, 5) is 41.3. The Morgan fingerprint density at radius 1 is 1.03 bits per heavy atom. The Bertz CT molecular complexity index is 838. The maximum Gasteiger partial charge on any atom is 0.408 e. The molecule has 0 heterocycles. The molecule has 2 unspecified atom stereocenters. The molecule has 0 fully saturated rings. The lowest BCUT2D eigenvalue weighted by molar-refractivity contribution is -0.142. The fourth-order valence-corrected chi connectivity index (χ4v) is 3.87. The lowest BCUT2D eigenvalue weighted by Crippen LogP contribution is -2.54. The summed E-state index contributed by atoms with van der Waals surface area (Å²) >= 11 is 4.33. The lowest BCUT2D eigenvalue weighted by atomic mass is 9.98. The maximum atomic E-state index is 13.8. The summed E-state index contributed by atoms with van der Waals surface area (Å²) in [6, 6.07) is 4.12. The molecule has 0 radical (unpaired) electrons. The summed E-state index contributed by atoms with van der Waals surface area (Å²) in [5.41, 5.74) is 2.22. The lowest BCUT2D eigenvalue weighted by Gasteiger charge is -2.34. The van der Waals surface area contributed by atoms with E-state index in [0.717, 1.165) is 48.8 Å². The van der Waals surface area contributed by atoms with Crippen LogP contribution in [-0.2, 0) is 14.3 Å². The fraction of sp³-hybridized carbons (Fsp3) is 0.667. The number of hydrogen-bond donors (Lipinski definition) is 3. The number of alkyl carbamates (subject to hydrolysis) is 1. The molecular formula is C27H45N3O4S.